The third-order valence-electron chi connectivity index (χ3n) is 12.3. The van der Waals surface area contributed by atoms with Gasteiger partial charge in [0.25, 0.3) is 0 Å². The standard InChI is InChI=1S/C42H66N2O6.C9H4/c1-6-31(39(47)44-36-23-15-13-21-34(36)32(7-2)40(48)49-29-30-18-10-8-11-19-30)33-20-12-14-22-35(33)43-37(45)28-42(25-16-9-17-26-42)27-24-38(46)50-41(3,4)5;1-3-5-7-9-8-6-4-2/h8,10-11,18-19,31-36H,6-7,9,12-17,20-29H2,1-5H3,(H,43,45)(H,44,47);1H,2H3/t31-,32-,33-,34-,35-,36-;/m1./s1. The second kappa shape index (κ2) is 25.7. The zero-order valence-corrected chi connectivity index (χ0v) is 36.8. The van der Waals surface area contributed by atoms with Crippen molar-refractivity contribution in [3.05, 3.63) is 35.9 Å². The highest BCUT2D eigenvalue weighted by Gasteiger charge is 2.41. The summed E-state index contributed by atoms with van der Waals surface area (Å²) in [4.78, 5) is 53.9. The van der Waals surface area contributed by atoms with Crippen molar-refractivity contribution in [1.29, 1.82) is 0 Å². The molecule has 3 fully saturated rings. The molecule has 0 aromatic heterocycles. The van der Waals surface area contributed by atoms with Crippen molar-refractivity contribution in [3.8, 4) is 47.9 Å². The highest BCUT2D eigenvalue weighted by Crippen LogP contribution is 2.44. The second-order valence-electron chi connectivity index (χ2n) is 17.7. The summed E-state index contributed by atoms with van der Waals surface area (Å²) in [5.41, 5.74) is 0.272. The average molecular weight is 807 g/mol. The molecule has 0 bridgehead atoms. The lowest BCUT2D eigenvalue weighted by Gasteiger charge is -2.41. The Morgan fingerprint density at radius 3 is 1.95 bits per heavy atom. The van der Waals surface area contributed by atoms with Gasteiger partial charge in [-0.05, 0) is 144 Å². The summed E-state index contributed by atoms with van der Waals surface area (Å²) in [6.07, 6.45) is 20.6. The van der Waals surface area contributed by atoms with E-state index in [0.717, 1.165) is 82.6 Å². The maximum absolute atomic E-state index is 14.1. The minimum absolute atomic E-state index is 0.0445. The van der Waals surface area contributed by atoms with Gasteiger partial charge in [0.15, 0.2) is 0 Å². The van der Waals surface area contributed by atoms with Gasteiger partial charge in [-0.15, -0.1) is 6.42 Å². The van der Waals surface area contributed by atoms with Crippen molar-refractivity contribution < 1.29 is 28.7 Å². The first-order valence-corrected chi connectivity index (χ1v) is 22.2. The van der Waals surface area contributed by atoms with E-state index in [-0.39, 0.29) is 71.5 Å². The Morgan fingerprint density at radius 2 is 1.36 bits per heavy atom. The zero-order valence-electron chi connectivity index (χ0n) is 36.8. The largest absolute Gasteiger partial charge is 0.461 e. The van der Waals surface area contributed by atoms with Gasteiger partial charge in [-0.3, -0.25) is 19.2 Å². The van der Waals surface area contributed by atoms with Crippen LogP contribution in [-0.2, 0) is 35.3 Å². The summed E-state index contributed by atoms with van der Waals surface area (Å²) in [6.45, 7) is 11.8. The third kappa shape index (κ3) is 17.2. The molecule has 1 aromatic carbocycles. The van der Waals surface area contributed by atoms with Gasteiger partial charge < -0.3 is 20.1 Å². The van der Waals surface area contributed by atoms with E-state index in [1.165, 1.54) is 6.42 Å². The monoisotopic (exact) mass is 807 g/mol. The van der Waals surface area contributed by atoms with Gasteiger partial charge in [0.2, 0.25) is 11.8 Å². The minimum atomic E-state index is -0.518. The van der Waals surface area contributed by atoms with Crippen LogP contribution in [0.2, 0.25) is 0 Å². The van der Waals surface area contributed by atoms with E-state index in [9.17, 15) is 19.2 Å². The summed E-state index contributed by atoms with van der Waals surface area (Å²) in [5, 5.41) is 6.87. The van der Waals surface area contributed by atoms with Crippen LogP contribution in [0.5, 0.6) is 0 Å². The molecule has 2 amide bonds. The number of nitrogens with one attached hydrogen (secondary N) is 2. The molecular weight excluding hydrogens is 737 g/mol. The first kappa shape index (κ1) is 48.7. The van der Waals surface area contributed by atoms with Crippen LogP contribution in [0.1, 0.15) is 163 Å². The number of hydrogen-bond donors (Lipinski definition) is 2. The molecule has 4 rings (SSSR count). The molecule has 3 aliphatic rings. The Labute approximate surface area is 356 Å². The van der Waals surface area contributed by atoms with Crippen LogP contribution < -0.4 is 10.6 Å². The summed E-state index contributed by atoms with van der Waals surface area (Å²) in [5.74, 6) is 16.4. The molecule has 8 nitrogen and oxygen atoms in total. The Hall–Kier alpha value is -4.66. The Bertz CT molecular complexity index is 1730. The van der Waals surface area contributed by atoms with Gasteiger partial charge in [-0.25, -0.2) is 0 Å². The number of amides is 2. The lowest BCUT2D eigenvalue weighted by atomic mass is 9.68. The normalized spacial score (nSPS) is 21.8. The fourth-order valence-corrected chi connectivity index (χ4v) is 9.46. The molecule has 3 aliphatic carbocycles. The first-order valence-electron chi connectivity index (χ1n) is 22.2. The third-order valence-corrected chi connectivity index (χ3v) is 12.3. The highest BCUT2D eigenvalue weighted by molar-refractivity contribution is 5.80. The number of ether oxygens (including phenoxy) is 2. The van der Waals surface area contributed by atoms with Crippen LogP contribution in [0.25, 0.3) is 0 Å². The van der Waals surface area contributed by atoms with Crippen LogP contribution in [0, 0.1) is 77.0 Å². The molecule has 59 heavy (non-hydrogen) atoms. The number of hydrogen-bond acceptors (Lipinski definition) is 6. The molecule has 6 atom stereocenters. The number of carbonyl (C=O) groups excluding carboxylic acids is 4. The highest BCUT2D eigenvalue weighted by atomic mass is 16.6. The van der Waals surface area contributed by atoms with E-state index in [4.69, 9.17) is 15.9 Å². The zero-order chi connectivity index (χ0) is 43.1. The molecule has 0 unspecified atom stereocenters. The first-order chi connectivity index (χ1) is 28.3. The summed E-state index contributed by atoms with van der Waals surface area (Å²) >= 11 is 0. The molecule has 3 saturated carbocycles. The number of benzene rings is 1. The van der Waals surface area contributed by atoms with Crippen molar-refractivity contribution in [2.45, 2.75) is 181 Å². The SMILES string of the molecule is C#CC#CC#CC#CC.CC[C@@H](C(=O)N[C@@H]1CCCC[C@@H]1[C@@H](CC)C(=O)OCc1ccccc1)[C@H]1CCCC[C@H]1NC(=O)CC1(CCC(=O)OC(C)(C)C)CCCCC1. The van der Waals surface area contributed by atoms with E-state index in [1.54, 1.807) is 6.92 Å². The van der Waals surface area contributed by atoms with E-state index in [0.29, 0.717) is 32.1 Å². The van der Waals surface area contributed by atoms with Crippen LogP contribution in [0.4, 0.5) is 0 Å². The van der Waals surface area contributed by atoms with E-state index >= 15 is 0 Å². The van der Waals surface area contributed by atoms with Gasteiger partial charge in [-0.1, -0.05) is 95.0 Å². The van der Waals surface area contributed by atoms with Crippen LogP contribution in [0.3, 0.4) is 0 Å². The van der Waals surface area contributed by atoms with Gasteiger partial charge in [-0.2, -0.15) is 0 Å². The molecule has 8 heteroatoms. The smallest absolute Gasteiger partial charge is 0.309 e. The fourth-order valence-electron chi connectivity index (χ4n) is 9.46. The number of terminal acetylenes is 1. The Kier molecular flexibility index (Phi) is 21.3. The number of esters is 2. The molecule has 0 spiro atoms. The van der Waals surface area contributed by atoms with Crippen molar-refractivity contribution in [3.63, 3.8) is 0 Å². The number of rotatable bonds is 15. The van der Waals surface area contributed by atoms with Gasteiger partial charge in [0.1, 0.15) is 12.2 Å². The second-order valence-corrected chi connectivity index (χ2v) is 17.7. The van der Waals surface area contributed by atoms with Crippen molar-refractivity contribution >= 4 is 23.8 Å². The Balaban J connectivity index is 0.000000922. The summed E-state index contributed by atoms with van der Waals surface area (Å²) in [7, 11) is 0. The summed E-state index contributed by atoms with van der Waals surface area (Å²) in [6, 6.07) is 9.66. The number of carbonyl (C=O) groups is 4. The predicted molar refractivity (Wildman–Crippen MR) is 235 cm³/mol. The molecule has 0 heterocycles. The van der Waals surface area contributed by atoms with Crippen molar-refractivity contribution in [2.24, 2.45) is 29.1 Å². The van der Waals surface area contributed by atoms with Gasteiger partial charge >= 0.3 is 11.9 Å². The van der Waals surface area contributed by atoms with Crippen molar-refractivity contribution in [2.75, 3.05) is 0 Å². The topological polar surface area (TPSA) is 111 Å². The van der Waals surface area contributed by atoms with Crippen LogP contribution in [-0.4, -0.2) is 41.4 Å². The Morgan fingerprint density at radius 1 is 0.780 bits per heavy atom. The maximum Gasteiger partial charge on any atom is 0.309 e. The van der Waals surface area contributed by atoms with E-state index in [1.807, 2.05) is 58.0 Å². The predicted octanol–water partition coefficient (Wildman–Crippen LogP) is 9.24. The molecule has 2 N–H and O–H groups in total. The van der Waals surface area contributed by atoms with Gasteiger partial charge in [0.05, 0.1) is 5.92 Å². The fraction of sp³-hybridized carbons (Fsp3) is 0.647. The lowest BCUT2D eigenvalue weighted by Crippen LogP contribution is -2.52. The van der Waals surface area contributed by atoms with Crippen molar-refractivity contribution in [1.82, 2.24) is 10.6 Å². The molecule has 320 valence electrons. The molecule has 0 radical (unpaired) electrons. The van der Waals surface area contributed by atoms with E-state index in [2.05, 4.69) is 59.0 Å². The molecule has 1 aromatic rings. The van der Waals surface area contributed by atoms with Crippen LogP contribution >= 0.6 is 0 Å². The molecule has 0 aliphatic heterocycles. The van der Waals surface area contributed by atoms with Crippen LogP contribution in [0.15, 0.2) is 30.3 Å². The van der Waals surface area contributed by atoms with Gasteiger partial charge in [0, 0.05) is 30.8 Å². The maximum atomic E-state index is 14.1. The van der Waals surface area contributed by atoms with E-state index < -0.39 is 5.60 Å². The minimum Gasteiger partial charge on any atom is -0.461 e. The molecule has 0 saturated heterocycles. The summed E-state index contributed by atoms with van der Waals surface area (Å²) < 4.78 is 11.4. The quantitative estimate of drug-likeness (QED) is 0.135. The molecular formula is C51H70N2O6. The lowest BCUT2D eigenvalue weighted by molar-refractivity contribution is -0.156. The average Bonchev–Trinajstić information content (AvgIpc) is 3.21.